The van der Waals surface area contributed by atoms with Crippen molar-refractivity contribution in [1.29, 1.82) is 0 Å². The first-order valence-electron chi connectivity index (χ1n) is 11.0. The molecule has 8 heteroatoms. The summed E-state index contributed by atoms with van der Waals surface area (Å²) in [5.41, 5.74) is 3.37. The van der Waals surface area contributed by atoms with Crippen molar-refractivity contribution in [2.24, 2.45) is 0 Å². The summed E-state index contributed by atoms with van der Waals surface area (Å²) in [6, 6.07) is 13.6. The molecular weight excluding hydrogens is 436 g/mol. The fourth-order valence-corrected chi connectivity index (χ4v) is 3.89. The topological polar surface area (TPSA) is 108 Å². The van der Waals surface area contributed by atoms with Gasteiger partial charge in [-0.2, -0.15) is 0 Å². The summed E-state index contributed by atoms with van der Waals surface area (Å²) in [5.74, 6) is -0.493. The highest BCUT2D eigenvalue weighted by molar-refractivity contribution is 6.05. The Morgan fingerprint density at radius 1 is 1.03 bits per heavy atom. The van der Waals surface area contributed by atoms with E-state index >= 15 is 0 Å². The number of carbonyl (C=O) groups excluding carboxylic acids is 2. The summed E-state index contributed by atoms with van der Waals surface area (Å²) in [6.07, 6.45) is 0.0735. The molecule has 0 fully saturated rings. The Labute approximate surface area is 195 Å². The number of nitrogens with zero attached hydrogens (tertiary/aromatic N) is 1. The van der Waals surface area contributed by atoms with E-state index in [1.54, 1.807) is 19.1 Å². The molecule has 2 aromatic heterocycles. The Morgan fingerprint density at radius 2 is 1.82 bits per heavy atom. The second-order valence-corrected chi connectivity index (χ2v) is 7.65. The van der Waals surface area contributed by atoms with Crippen molar-refractivity contribution in [2.45, 2.75) is 33.8 Å². The predicted octanol–water partition coefficient (Wildman–Crippen LogP) is 5.14. The number of esters is 1. The Morgan fingerprint density at radius 3 is 2.59 bits per heavy atom. The Hall–Kier alpha value is -4.20. The monoisotopic (exact) mass is 460 g/mol. The van der Waals surface area contributed by atoms with Crippen LogP contribution in [-0.2, 0) is 22.5 Å². The third kappa shape index (κ3) is 4.61. The van der Waals surface area contributed by atoms with E-state index in [0.717, 1.165) is 16.8 Å². The van der Waals surface area contributed by atoms with Gasteiger partial charge in [-0.15, -0.1) is 0 Å². The Bertz CT molecular complexity index is 1460. The van der Waals surface area contributed by atoms with Gasteiger partial charge in [0.15, 0.2) is 0 Å². The molecule has 0 aliphatic heterocycles. The SMILES string of the molecule is CCOC(=O)Nc1ccc2c(COC(=O)c3c(C)c(CC)nc4ccccc34)cc(=O)oc2c1. The van der Waals surface area contributed by atoms with Gasteiger partial charge in [-0.25, -0.2) is 14.4 Å². The van der Waals surface area contributed by atoms with Crippen LogP contribution in [-0.4, -0.2) is 23.7 Å². The molecule has 1 N–H and O–H groups in total. The lowest BCUT2D eigenvalue weighted by Gasteiger charge is -2.14. The lowest BCUT2D eigenvalue weighted by molar-refractivity contribution is 0.0475. The minimum absolute atomic E-state index is 0.122. The van der Waals surface area contributed by atoms with Gasteiger partial charge in [0.25, 0.3) is 0 Å². The minimum atomic E-state index is -0.610. The number of para-hydroxylation sites is 1. The van der Waals surface area contributed by atoms with Crippen LogP contribution in [0.4, 0.5) is 10.5 Å². The number of fused-ring (bicyclic) bond motifs is 2. The number of ether oxygens (including phenoxy) is 2. The van der Waals surface area contributed by atoms with Crippen LogP contribution in [0, 0.1) is 6.92 Å². The molecule has 174 valence electrons. The molecular formula is C26H24N2O6. The van der Waals surface area contributed by atoms with E-state index in [2.05, 4.69) is 10.3 Å². The van der Waals surface area contributed by atoms with Crippen molar-refractivity contribution in [2.75, 3.05) is 11.9 Å². The highest BCUT2D eigenvalue weighted by Crippen LogP contribution is 2.26. The molecule has 0 saturated heterocycles. The number of amides is 1. The molecule has 0 bridgehead atoms. The van der Waals surface area contributed by atoms with Gasteiger partial charge in [0.05, 0.1) is 17.7 Å². The van der Waals surface area contributed by atoms with Crippen molar-refractivity contribution in [3.63, 3.8) is 0 Å². The van der Waals surface area contributed by atoms with Crippen LogP contribution in [0.15, 0.2) is 57.7 Å². The molecule has 4 rings (SSSR count). The van der Waals surface area contributed by atoms with Crippen LogP contribution in [0.2, 0.25) is 0 Å². The molecule has 8 nitrogen and oxygen atoms in total. The molecule has 2 heterocycles. The van der Waals surface area contributed by atoms with Gasteiger partial charge in [-0.05, 0) is 44.0 Å². The summed E-state index contributed by atoms with van der Waals surface area (Å²) in [6.45, 7) is 5.66. The normalized spacial score (nSPS) is 10.9. The lowest BCUT2D eigenvalue weighted by atomic mass is 10.0. The lowest BCUT2D eigenvalue weighted by Crippen LogP contribution is -2.13. The maximum Gasteiger partial charge on any atom is 0.411 e. The molecule has 0 aliphatic rings. The van der Waals surface area contributed by atoms with E-state index in [9.17, 15) is 14.4 Å². The average Bonchev–Trinajstić information content (AvgIpc) is 2.81. The first-order chi connectivity index (χ1) is 16.4. The zero-order chi connectivity index (χ0) is 24.2. The van der Waals surface area contributed by atoms with Gasteiger partial charge in [-0.1, -0.05) is 25.1 Å². The highest BCUT2D eigenvalue weighted by Gasteiger charge is 2.19. The van der Waals surface area contributed by atoms with Gasteiger partial charge in [0.1, 0.15) is 12.2 Å². The Kier molecular flexibility index (Phi) is 6.58. The molecule has 0 aliphatic carbocycles. The summed E-state index contributed by atoms with van der Waals surface area (Å²) >= 11 is 0. The number of pyridine rings is 1. The predicted molar refractivity (Wildman–Crippen MR) is 128 cm³/mol. The number of nitrogens with one attached hydrogen (secondary N) is 1. The van der Waals surface area contributed by atoms with E-state index in [1.165, 1.54) is 12.1 Å². The van der Waals surface area contributed by atoms with Crippen LogP contribution in [0.5, 0.6) is 0 Å². The van der Waals surface area contributed by atoms with Gasteiger partial charge in [-0.3, -0.25) is 10.3 Å². The van der Waals surface area contributed by atoms with E-state index in [-0.39, 0.29) is 18.8 Å². The maximum atomic E-state index is 13.2. The van der Waals surface area contributed by atoms with Gasteiger partial charge < -0.3 is 13.9 Å². The molecule has 0 radical (unpaired) electrons. The van der Waals surface area contributed by atoms with Crippen LogP contribution in [0.25, 0.3) is 21.9 Å². The van der Waals surface area contributed by atoms with Crippen molar-refractivity contribution in [3.05, 3.63) is 81.3 Å². The molecule has 1 amide bonds. The third-order valence-electron chi connectivity index (χ3n) is 5.49. The van der Waals surface area contributed by atoms with Crippen molar-refractivity contribution in [1.82, 2.24) is 4.98 Å². The number of aryl methyl sites for hydroxylation is 1. The van der Waals surface area contributed by atoms with Crippen molar-refractivity contribution in [3.8, 4) is 0 Å². The first kappa shape index (κ1) is 23.0. The van der Waals surface area contributed by atoms with E-state index < -0.39 is 17.7 Å². The minimum Gasteiger partial charge on any atom is -0.457 e. The number of carbonyl (C=O) groups is 2. The maximum absolute atomic E-state index is 13.2. The molecule has 0 saturated carbocycles. The average molecular weight is 460 g/mol. The smallest absolute Gasteiger partial charge is 0.411 e. The molecule has 4 aromatic rings. The molecule has 0 unspecified atom stereocenters. The van der Waals surface area contributed by atoms with E-state index in [0.29, 0.717) is 34.0 Å². The van der Waals surface area contributed by atoms with Crippen molar-refractivity contribution >= 4 is 39.6 Å². The number of anilines is 1. The van der Waals surface area contributed by atoms with Gasteiger partial charge in [0, 0.05) is 39.8 Å². The quantitative estimate of drug-likeness (QED) is 0.314. The summed E-state index contributed by atoms with van der Waals surface area (Å²) < 4.78 is 15.8. The fraction of sp³-hybridized carbons (Fsp3) is 0.231. The van der Waals surface area contributed by atoms with Crippen LogP contribution < -0.4 is 10.9 Å². The van der Waals surface area contributed by atoms with Crippen LogP contribution in [0.3, 0.4) is 0 Å². The summed E-state index contributed by atoms with van der Waals surface area (Å²) in [4.78, 5) is 41.6. The zero-order valence-corrected chi connectivity index (χ0v) is 19.1. The number of rotatable bonds is 6. The van der Waals surface area contributed by atoms with Gasteiger partial charge in [0.2, 0.25) is 0 Å². The van der Waals surface area contributed by atoms with Gasteiger partial charge >= 0.3 is 17.7 Å². The number of benzene rings is 2. The fourth-order valence-electron chi connectivity index (χ4n) is 3.89. The third-order valence-corrected chi connectivity index (χ3v) is 5.49. The standard InChI is InChI=1S/C26H24N2O6/c1-4-20-15(3)24(19-8-6-7-9-21(19)28-20)25(30)33-14-16-12-23(29)34-22-13-17(10-11-18(16)22)27-26(31)32-5-2/h6-13H,4-5,14H2,1-3H3,(H,27,31). The van der Waals surface area contributed by atoms with Crippen LogP contribution >= 0.6 is 0 Å². The first-order valence-corrected chi connectivity index (χ1v) is 11.0. The number of hydrogen-bond acceptors (Lipinski definition) is 7. The highest BCUT2D eigenvalue weighted by atomic mass is 16.5. The molecule has 34 heavy (non-hydrogen) atoms. The Balaban J connectivity index is 1.64. The molecule has 0 atom stereocenters. The van der Waals surface area contributed by atoms with Crippen LogP contribution in [0.1, 0.15) is 41.0 Å². The summed E-state index contributed by atoms with van der Waals surface area (Å²) in [5, 5.41) is 3.87. The second-order valence-electron chi connectivity index (χ2n) is 7.65. The van der Waals surface area contributed by atoms with Crippen molar-refractivity contribution < 1.29 is 23.5 Å². The zero-order valence-electron chi connectivity index (χ0n) is 19.1. The molecule has 2 aromatic carbocycles. The summed E-state index contributed by atoms with van der Waals surface area (Å²) in [7, 11) is 0. The van der Waals surface area contributed by atoms with E-state index in [1.807, 2.05) is 38.1 Å². The van der Waals surface area contributed by atoms with E-state index in [4.69, 9.17) is 13.9 Å². The largest absolute Gasteiger partial charge is 0.457 e. The molecule has 0 spiro atoms. The number of hydrogen-bond donors (Lipinski definition) is 1. The second kappa shape index (κ2) is 9.74. The number of aromatic nitrogens is 1.